The first-order valence-electron chi connectivity index (χ1n) is 10.5. The van der Waals surface area contributed by atoms with Crippen molar-refractivity contribution in [3.8, 4) is 11.5 Å². The van der Waals surface area contributed by atoms with Crippen molar-refractivity contribution < 1.29 is 23.8 Å². The fraction of sp³-hybridized carbons (Fsp3) is 0.500. The van der Waals surface area contributed by atoms with E-state index in [2.05, 4.69) is 4.57 Å². The molecule has 1 saturated heterocycles. The largest absolute Gasteiger partial charge is 0.497 e. The summed E-state index contributed by atoms with van der Waals surface area (Å²) in [7, 11) is 3.19. The van der Waals surface area contributed by atoms with Crippen LogP contribution >= 0.6 is 0 Å². The highest BCUT2D eigenvalue weighted by atomic mass is 16.6. The maximum absolute atomic E-state index is 12.6. The van der Waals surface area contributed by atoms with Gasteiger partial charge in [-0.1, -0.05) is 0 Å². The van der Waals surface area contributed by atoms with Gasteiger partial charge < -0.3 is 23.7 Å². The van der Waals surface area contributed by atoms with Crippen LogP contribution in [0.3, 0.4) is 0 Å². The van der Waals surface area contributed by atoms with E-state index in [1.54, 1.807) is 25.2 Å². The molecule has 1 aliphatic rings. The number of carbonyl (C=O) groups excluding carboxylic acids is 2. The Bertz CT molecular complexity index is 906. The standard InChI is InChI=1S/C24H32N2O5/c1-24(2,3)31-23(28)26-9-7-19(16-26)25-8-6-17(15-25)10-20(27)11-18-12-21(29-4)14-22(13-18)30-5/h6,8,12-15,19H,7,9-11,16H2,1-5H3/t19-/m0/s1. The van der Waals surface area contributed by atoms with Crippen LogP contribution in [0.4, 0.5) is 4.79 Å². The summed E-state index contributed by atoms with van der Waals surface area (Å²) in [6, 6.07) is 7.67. The molecular formula is C24H32N2O5. The Labute approximate surface area is 183 Å². The van der Waals surface area contributed by atoms with Crippen LogP contribution < -0.4 is 9.47 Å². The van der Waals surface area contributed by atoms with Crippen molar-refractivity contribution in [3.63, 3.8) is 0 Å². The molecule has 7 nitrogen and oxygen atoms in total. The van der Waals surface area contributed by atoms with E-state index >= 15 is 0 Å². The lowest BCUT2D eigenvalue weighted by Crippen LogP contribution is -2.35. The van der Waals surface area contributed by atoms with E-state index in [0.29, 0.717) is 37.4 Å². The van der Waals surface area contributed by atoms with E-state index in [9.17, 15) is 9.59 Å². The summed E-state index contributed by atoms with van der Waals surface area (Å²) in [6.45, 7) is 6.89. The summed E-state index contributed by atoms with van der Waals surface area (Å²) >= 11 is 0. The van der Waals surface area contributed by atoms with Crippen LogP contribution in [0.15, 0.2) is 36.7 Å². The molecule has 1 fully saturated rings. The molecule has 1 aromatic heterocycles. The summed E-state index contributed by atoms with van der Waals surface area (Å²) in [5.74, 6) is 1.46. The highest BCUT2D eigenvalue weighted by Gasteiger charge is 2.30. The molecule has 0 radical (unpaired) electrons. The third-order valence-electron chi connectivity index (χ3n) is 5.23. The Morgan fingerprint density at radius 2 is 1.68 bits per heavy atom. The lowest BCUT2D eigenvalue weighted by atomic mass is 10.0. The number of likely N-dealkylation sites (tertiary alicyclic amines) is 1. The van der Waals surface area contributed by atoms with Crippen molar-refractivity contribution in [2.45, 2.75) is 51.7 Å². The van der Waals surface area contributed by atoms with E-state index in [-0.39, 0.29) is 17.9 Å². The molecule has 0 bridgehead atoms. The van der Waals surface area contributed by atoms with Crippen molar-refractivity contribution in [1.82, 2.24) is 9.47 Å². The number of Topliss-reactive ketones (excluding diaryl/α,β-unsaturated/α-hetero) is 1. The minimum absolute atomic E-state index is 0.120. The Balaban J connectivity index is 1.57. The fourth-order valence-corrected chi connectivity index (χ4v) is 3.75. The zero-order chi connectivity index (χ0) is 22.6. The SMILES string of the molecule is COc1cc(CC(=O)Cc2ccn([C@H]3CCN(C(=O)OC(C)(C)C)C3)c2)cc(OC)c1. The molecule has 1 aromatic carbocycles. The summed E-state index contributed by atoms with van der Waals surface area (Å²) in [4.78, 5) is 26.7. The monoisotopic (exact) mass is 428 g/mol. The zero-order valence-corrected chi connectivity index (χ0v) is 19.0. The Morgan fingerprint density at radius 3 is 2.29 bits per heavy atom. The second-order valence-corrected chi connectivity index (χ2v) is 8.95. The maximum atomic E-state index is 12.6. The Morgan fingerprint density at radius 1 is 1.03 bits per heavy atom. The number of carbonyl (C=O) groups is 2. The number of hydrogen-bond donors (Lipinski definition) is 0. The molecular weight excluding hydrogens is 396 g/mol. The van der Waals surface area contributed by atoms with Crippen LogP contribution in [0.2, 0.25) is 0 Å². The van der Waals surface area contributed by atoms with E-state index < -0.39 is 5.60 Å². The third-order valence-corrected chi connectivity index (χ3v) is 5.23. The average Bonchev–Trinajstić information content (AvgIpc) is 3.35. The minimum atomic E-state index is -0.497. The molecule has 0 N–H and O–H groups in total. The Hall–Kier alpha value is -2.96. The molecule has 0 saturated carbocycles. The van der Waals surface area contributed by atoms with Gasteiger partial charge in [-0.2, -0.15) is 0 Å². The van der Waals surface area contributed by atoms with Crippen molar-refractivity contribution in [1.29, 1.82) is 0 Å². The van der Waals surface area contributed by atoms with Gasteiger partial charge in [0.2, 0.25) is 0 Å². The molecule has 3 rings (SSSR count). The van der Waals surface area contributed by atoms with Crippen LogP contribution in [0.25, 0.3) is 0 Å². The van der Waals surface area contributed by atoms with E-state index in [0.717, 1.165) is 17.5 Å². The lowest BCUT2D eigenvalue weighted by molar-refractivity contribution is -0.117. The highest BCUT2D eigenvalue weighted by molar-refractivity contribution is 5.83. The molecule has 168 valence electrons. The number of rotatable bonds is 7. The van der Waals surface area contributed by atoms with Crippen LogP contribution in [-0.4, -0.2) is 54.3 Å². The number of aromatic nitrogens is 1. The zero-order valence-electron chi connectivity index (χ0n) is 19.0. The van der Waals surface area contributed by atoms with Crippen LogP contribution in [0, 0.1) is 0 Å². The summed E-state index contributed by atoms with van der Waals surface area (Å²) in [6.07, 6.45) is 5.26. The van der Waals surface area contributed by atoms with E-state index in [1.807, 2.05) is 51.4 Å². The molecule has 2 aromatic rings. The van der Waals surface area contributed by atoms with Crippen LogP contribution in [-0.2, 0) is 22.4 Å². The van der Waals surface area contributed by atoms with Crippen molar-refractivity contribution in [2.24, 2.45) is 0 Å². The average molecular weight is 429 g/mol. The van der Waals surface area contributed by atoms with Gasteiger partial charge in [0.05, 0.1) is 20.3 Å². The quantitative estimate of drug-likeness (QED) is 0.666. The maximum Gasteiger partial charge on any atom is 0.410 e. The smallest absolute Gasteiger partial charge is 0.410 e. The lowest BCUT2D eigenvalue weighted by Gasteiger charge is -2.24. The molecule has 1 aliphatic heterocycles. The molecule has 1 atom stereocenters. The molecule has 0 spiro atoms. The number of methoxy groups -OCH3 is 2. The summed E-state index contributed by atoms with van der Waals surface area (Å²) < 4.78 is 18.1. The topological polar surface area (TPSA) is 70.0 Å². The molecule has 7 heteroatoms. The number of hydrogen-bond acceptors (Lipinski definition) is 5. The van der Waals surface area contributed by atoms with Gasteiger partial charge in [0.1, 0.15) is 22.9 Å². The van der Waals surface area contributed by atoms with Crippen LogP contribution in [0.1, 0.15) is 44.4 Å². The second-order valence-electron chi connectivity index (χ2n) is 8.95. The van der Waals surface area contributed by atoms with Crippen molar-refractivity contribution in [3.05, 3.63) is 47.8 Å². The van der Waals surface area contributed by atoms with E-state index in [4.69, 9.17) is 14.2 Å². The minimum Gasteiger partial charge on any atom is -0.497 e. The van der Waals surface area contributed by atoms with Gasteiger partial charge in [-0.25, -0.2) is 4.79 Å². The van der Waals surface area contributed by atoms with Gasteiger partial charge in [0, 0.05) is 44.4 Å². The molecule has 31 heavy (non-hydrogen) atoms. The number of benzene rings is 1. The first-order valence-corrected chi connectivity index (χ1v) is 10.5. The summed E-state index contributed by atoms with van der Waals surface area (Å²) in [5.41, 5.74) is 1.34. The van der Waals surface area contributed by atoms with Gasteiger partial charge in [-0.15, -0.1) is 0 Å². The molecule has 2 heterocycles. The van der Waals surface area contributed by atoms with Gasteiger partial charge in [0.25, 0.3) is 0 Å². The van der Waals surface area contributed by atoms with Crippen LogP contribution in [0.5, 0.6) is 11.5 Å². The van der Waals surface area contributed by atoms with E-state index in [1.165, 1.54) is 0 Å². The highest BCUT2D eigenvalue weighted by Crippen LogP contribution is 2.25. The third kappa shape index (κ3) is 6.26. The number of ether oxygens (including phenoxy) is 3. The van der Waals surface area contributed by atoms with Gasteiger partial charge in [-0.3, -0.25) is 4.79 Å². The predicted molar refractivity (Wildman–Crippen MR) is 118 cm³/mol. The molecule has 0 unspecified atom stereocenters. The Kier molecular flexibility index (Phi) is 6.93. The number of amides is 1. The van der Waals surface area contributed by atoms with Crippen molar-refractivity contribution >= 4 is 11.9 Å². The first kappa shape index (κ1) is 22.7. The van der Waals surface area contributed by atoms with Gasteiger partial charge >= 0.3 is 6.09 Å². The molecule has 1 amide bonds. The predicted octanol–water partition coefficient (Wildman–Crippen LogP) is 4.04. The summed E-state index contributed by atoms with van der Waals surface area (Å²) in [5, 5.41) is 0. The first-order chi connectivity index (χ1) is 14.7. The molecule has 0 aliphatic carbocycles. The van der Waals surface area contributed by atoms with Gasteiger partial charge in [0.15, 0.2) is 0 Å². The fourth-order valence-electron chi connectivity index (χ4n) is 3.75. The second kappa shape index (κ2) is 9.45. The number of nitrogens with zero attached hydrogens (tertiary/aromatic N) is 2. The number of ketones is 1. The van der Waals surface area contributed by atoms with Crippen molar-refractivity contribution in [2.75, 3.05) is 27.3 Å². The normalized spacial score (nSPS) is 16.3. The van der Waals surface area contributed by atoms with Gasteiger partial charge in [-0.05, 0) is 56.5 Å².